The van der Waals surface area contributed by atoms with Gasteiger partial charge in [-0.05, 0) is 18.4 Å². The molecule has 7 nitrogen and oxygen atoms in total. The molecule has 0 aliphatic carbocycles. The normalized spacial score (nSPS) is 20.3. The summed E-state index contributed by atoms with van der Waals surface area (Å²) in [5.74, 6) is 2.95. The van der Waals surface area contributed by atoms with Crippen molar-refractivity contribution in [2.75, 3.05) is 20.1 Å². The molecule has 0 radical (unpaired) electrons. The summed E-state index contributed by atoms with van der Waals surface area (Å²) >= 11 is 0. The van der Waals surface area contributed by atoms with Gasteiger partial charge in [-0.2, -0.15) is 0 Å². The molecule has 1 atom stereocenters. The molecule has 2 aliphatic rings. The first-order chi connectivity index (χ1) is 12.8. The molecule has 3 heterocycles. The lowest BCUT2D eigenvalue weighted by Crippen LogP contribution is -2.44. The molecule has 26 heavy (non-hydrogen) atoms. The molecule has 1 fully saturated rings. The van der Waals surface area contributed by atoms with Crippen molar-refractivity contribution in [1.82, 2.24) is 30.3 Å². The Balaban J connectivity index is 1.26. The zero-order valence-corrected chi connectivity index (χ0v) is 15.4. The average molecular weight is 353 g/mol. The summed E-state index contributed by atoms with van der Waals surface area (Å²) in [5, 5.41) is 15.5. The van der Waals surface area contributed by atoms with Gasteiger partial charge in [0, 0.05) is 45.7 Å². The van der Waals surface area contributed by atoms with Crippen molar-refractivity contribution in [2.24, 2.45) is 4.99 Å². The Morgan fingerprint density at radius 1 is 1.23 bits per heavy atom. The van der Waals surface area contributed by atoms with Crippen molar-refractivity contribution in [3.63, 3.8) is 0 Å². The SMILES string of the molecule is CN=C(NCc1nnc2n1CCC2)NC1CCN(Cc2ccccc2)C1. The molecular weight excluding hydrogens is 326 g/mol. The Morgan fingerprint density at radius 2 is 2.12 bits per heavy atom. The van der Waals surface area contributed by atoms with Crippen LogP contribution in [0.5, 0.6) is 0 Å². The maximum Gasteiger partial charge on any atom is 0.191 e. The van der Waals surface area contributed by atoms with Gasteiger partial charge >= 0.3 is 0 Å². The van der Waals surface area contributed by atoms with E-state index >= 15 is 0 Å². The standard InChI is InChI=1S/C19H27N7/c1-20-19(21-12-18-24-23-17-8-5-10-26(17)18)22-16-9-11-25(14-16)13-15-6-3-2-4-7-15/h2-4,6-7,16H,5,8-14H2,1H3,(H2,20,21,22). The maximum atomic E-state index is 4.37. The van der Waals surface area contributed by atoms with Gasteiger partial charge in [0.2, 0.25) is 0 Å². The highest BCUT2D eigenvalue weighted by atomic mass is 15.3. The van der Waals surface area contributed by atoms with Crippen molar-refractivity contribution < 1.29 is 0 Å². The van der Waals surface area contributed by atoms with Gasteiger partial charge < -0.3 is 15.2 Å². The van der Waals surface area contributed by atoms with Crippen molar-refractivity contribution >= 4 is 5.96 Å². The number of aryl methyl sites for hydroxylation is 1. The smallest absolute Gasteiger partial charge is 0.191 e. The van der Waals surface area contributed by atoms with Crippen molar-refractivity contribution in [2.45, 2.75) is 44.9 Å². The monoisotopic (exact) mass is 353 g/mol. The van der Waals surface area contributed by atoms with Crippen molar-refractivity contribution in [1.29, 1.82) is 0 Å². The highest BCUT2D eigenvalue weighted by Gasteiger charge is 2.23. The van der Waals surface area contributed by atoms with E-state index in [2.05, 4.69) is 65.6 Å². The van der Waals surface area contributed by atoms with Crippen LogP contribution in [-0.4, -0.2) is 51.8 Å². The molecule has 0 spiro atoms. The maximum absolute atomic E-state index is 4.37. The molecule has 0 bridgehead atoms. The number of fused-ring (bicyclic) bond motifs is 1. The van der Waals surface area contributed by atoms with Crippen molar-refractivity contribution in [3.05, 3.63) is 47.5 Å². The van der Waals surface area contributed by atoms with Crippen LogP contribution in [0.1, 0.15) is 30.1 Å². The largest absolute Gasteiger partial charge is 0.352 e. The number of benzene rings is 1. The second-order valence-corrected chi connectivity index (χ2v) is 7.06. The van der Waals surface area contributed by atoms with E-state index < -0.39 is 0 Å². The lowest BCUT2D eigenvalue weighted by molar-refractivity contribution is 0.324. The molecule has 0 saturated carbocycles. The summed E-state index contributed by atoms with van der Waals surface area (Å²) in [6, 6.07) is 11.1. The number of nitrogens with one attached hydrogen (secondary N) is 2. The number of rotatable bonds is 5. The Morgan fingerprint density at radius 3 is 2.96 bits per heavy atom. The highest BCUT2D eigenvalue weighted by molar-refractivity contribution is 5.79. The van der Waals surface area contributed by atoms with Gasteiger partial charge in [0.05, 0.1) is 6.54 Å². The molecule has 0 amide bonds. The first-order valence-corrected chi connectivity index (χ1v) is 9.46. The van der Waals surface area contributed by atoms with Gasteiger partial charge in [0.1, 0.15) is 5.82 Å². The molecule has 2 aromatic rings. The Bertz CT molecular complexity index is 753. The van der Waals surface area contributed by atoms with Crippen LogP contribution in [-0.2, 0) is 26.1 Å². The van der Waals surface area contributed by atoms with Crippen LogP contribution in [0.15, 0.2) is 35.3 Å². The van der Waals surface area contributed by atoms with E-state index in [0.717, 1.165) is 56.6 Å². The third-order valence-electron chi connectivity index (χ3n) is 5.19. The molecule has 2 aliphatic heterocycles. The quantitative estimate of drug-likeness (QED) is 0.624. The number of nitrogens with zero attached hydrogens (tertiary/aromatic N) is 5. The summed E-state index contributed by atoms with van der Waals surface area (Å²) < 4.78 is 2.22. The van der Waals surface area contributed by atoms with Gasteiger partial charge in [0.25, 0.3) is 0 Å². The highest BCUT2D eigenvalue weighted by Crippen LogP contribution is 2.14. The summed E-state index contributed by atoms with van der Waals surface area (Å²) in [6.07, 6.45) is 3.34. The third kappa shape index (κ3) is 3.88. The first-order valence-electron chi connectivity index (χ1n) is 9.46. The number of guanidine groups is 1. The van der Waals surface area contributed by atoms with E-state index in [9.17, 15) is 0 Å². The fraction of sp³-hybridized carbons (Fsp3) is 0.526. The number of hydrogen-bond donors (Lipinski definition) is 2. The molecule has 2 N–H and O–H groups in total. The topological polar surface area (TPSA) is 70.4 Å². The molecule has 1 aromatic carbocycles. The molecular formula is C19H27N7. The predicted molar refractivity (Wildman–Crippen MR) is 102 cm³/mol. The van der Waals surface area contributed by atoms with Crippen LogP contribution in [0.4, 0.5) is 0 Å². The predicted octanol–water partition coefficient (Wildman–Crippen LogP) is 1.16. The molecule has 4 rings (SSSR count). The van der Waals surface area contributed by atoms with E-state index in [0.29, 0.717) is 12.6 Å². The first kappa shape index (κ1) is 17.0. The Hall–Kier alpha value is -2.41. The third-order valence-corrected chi connectivity index (χ3v) is 5.19. The zero-order chi connectivity index (χ0) is 17.8. The van der Waals surface area contributed by atoms with Crippen LogP contribution in [0.2, 0.25) is 0 Å². The minimum Gasteiger partial charge on any atom is -0.352 e. The average Bonchev–Trinajstić information content (AvgIpc) is 3.37. The van der Waals surface area contributed by atoms with E-state index in [4.69, 9.17) is 0 Å². The van der Waals surface area contributed by atoms with Gasteiger partial charge in [-0.1, -0.05) is 30.3 Å². The zero-order valence-electron chi connectivity index (χ0n) is 15.4. The summed E-state index contributed by atoms with van der Waals surface area (Å²) in [7, 11) is 1.82. The second kappa shape index (κ2) is 7.86. The van der Waals surface area contributed by atoms with Gasteiger partial charge in [-0.25, -0.2) is 0 Å². The molecule has 1 unspecified atom stereocenters. The minimum atomic E-state index is 0.425. The minimum absolute atomic E-state index is 0.425. The number of aromatic nitrogens is 3. The summed E-state index contributed by atoms with van der Waals surface area (Å²) in [6.45, 7) is 4.85. The van der Waals surface area contributed by atoms with Crippen LogP contribution in [0.3, 0.4) is 0 Å². The van der Waals surface area contributed by atoms with E-state index in [1.54, 1.807) is 0 Å². The lowest BCUT2D eigenvalue weighted by atomic mass is 10.2. The van der Waals surface area contributed by atoms with Crippen LogP contribution in [0, 0.1) is 0 Å². The van der Waals surface area contributed by atoms with Gasteiger partial charge in [0.15, 0.2) is 11.8 Å². The Kier molecular flexibility index (Phi) is 5.15. The van der Waals surface area contributed by atoms with Gasteiger partial charge in [-0.3, -0.25) is 9.89 Å². The fourth-order valence-electron chi connectivity index (χ4n) is 3.83. The van der Waals surface area contributed by atoms with Gasteiger partial charge in [-0.15, -0.1) is 10.2 Å². The van der Waals surface area contributed by atoms with Crippen LogP contribution >= 0.6 is 0 Å². The fourth-order valence-corrected chi connectivity index (χ4v) is 3.83. The Labute approximate surface area is 154 Å². The van der Waals surface area contributed by atoms with E-state index in [1.165, 1.54) is 12.0 Å². The van der Waals surface area contributed by atoms with Crippen molar-refractivity contribution in [3.8, 4) is 0 Å². The van der Waals surface area contributed by atoms with E-state index in [-0.39, 0.29) is 0 Å². The molecule has 1 saturated heterocycles. The lowest BCUT2D eigenvalue weighted by Gasteiger charge is -2.19. The summed E-state index contributed by atoms with van der Waals surface area (Å²) in [4.78, 5) is 6.86. The number of hydrogen-bond acceptors (Lipinski definition) is 4. The number of aliphatic imine (C=N–C) groups is 1. The van der Waals surface area contributed by atoms with Crippen LogP contribution in [0.25, 0.3) is 0 Å². The van der Waals surface area contributed by atoms with Crippen LogP contribution < -0.4 is 10.6 Å². The molecule has 138 valence electrons. The molecule has 7 heteroatoms. The number of likely N-dealkylation sites (tertiary alicyclic amines) is 1. The molecule has 1 aromatic heterocycles. The second-order valence-electron chi connectivity index (χ2n) is 7.06. The summed E-state index contributed by atoms with van der Waals surface area (Å²) in [5.41, 5.74) is 1.37. The van der Waals surface area contributed by atoms with E-state index in [1.807, 2.05) is 7.05 Å².